The maximum Gasteiger partial charge on any atom is 0.408 e. The van der Waals surface area contributed by atoms with Crippen molar-refractivity contribution in [3.8, 4) is 11.4 Å². The summed E-state index contributed by atoms with van der Waals surface area (Å²) in [6.45, 7) is 9.54. The van der Waals surface area contributed by atoms with Gasteiger partial charge in [0.05, 0.1) is 11.7 Å². The van der Waals surface area contributed by atoms with Crippen LogP contribution >= 0.6 is 15.9 Å². The molecule has 2 N–H and O–H groups in total. The molecule has 6 nitrogen and oxygen atoms in total. The van der Waals surface area contributed by atoms with Gasteiger partial charge in [0.15, 0.2) is 0 Å². The van der Waals surface area contributed by atoms with Crippen LogP contribution in [0.3, 0.4) is 0 Å². The standard InChI is InChI=1S/C17H23BrN4O2/c1-10(2)14(22-16(23)24-17(3,4)5)15-20-9-13(21-15)12-7-6-11(18)8-19-12/h6-10,14H,1-5H3,(H,20,21)(H,22,23)/t14-/m0/s1. The Kier molecular flexibility index (Phi) is 5.64. The second-order valence-corrected chi connectivity index (χ2v) is 7.82. The average Bonchev–Trinajstić information content (AvgIpc) is 2.92. The molecule has 2 aromatic heterocycles. The van der Waals surface area contributed by atoms with Crippen LogP contribution in [0.25, 0.3) is 11.4 Å². The Morgan fingerprint density at radius 1 is 1.29 bits per heavy atom. The van der Waals surface area contributed by atoms with Crippen LogP contribution in [-0.2, 0) is 4.74 Å². The molecular formula is C17H23BrN4O2. The van der Waals surface area contributed by atoms with Crippen molar-refractivity contribution in [2.24, 2.45) is 5.92 Å². The number of nitrogens with zero attached hydrogens (tertiary/aromatic N) is 2. The van der Waals surface area contributed by atoms with Gasteiger partial charge in [-0.3, -0.25) is 4.98 Å². The van der Waals surface area contributed by atoms with E-state index in [9.17, 15) is 4.79 Å². The van der Waals surface area contributed by atoms with Crippen LogP contribution in [-0.4, -0.2) is 26.6 Å². The van der Waals surface area contributed by atoms with Crippen LogP contribution in [0.2, 0.25) is 0 Å². The number of H-pyrrole nitrogens is 1. The Morgan fingerprint density at radius 3 is 2.54 bits per heavy atom. The highest BCUT2D eigenvalue weighted by molar-refractivity contribution is 9.10. The molecule has 0 aliphatic rings. The molecule has 0 unspecified atom stereocenters. The molecule has 0 spiro atoms. The van der Waals surface area contributed by atoms with Gasteiger partial charge in [0.2, 0.25) is 0 Å². The zero-order chi connectivity index (χ0) is 17.9. The Bertz CT molecular complexity index is 689. The van der Waals surface area contributed by atoms with Gasteiger partial charge in [-0.15, -0.1) is 0 Å². The molecule has 0 fully saturated rings. The summed E-state index contributed by atoms with van der Waals surface area (Å²) in [5.74, 6) is 0.824. The first-order valence-electron chi connectivity index (χ1n) is 7.82. The topological polar surface area (TPSA) is 79.9 Å². The number of rotatable bonds is 4. The summed E-state index contributed by atoms with van der Waals surface area (Å²) in [5, 5.41) is 2.88. The summed E-state index contributed by atoms with van der Waals surface area (Å²) in [6, 6.07) is 3.52. The second-order valence-electron chi connectivity index (χ2n) is 6.90. The number of pyridine rings is 1. The zero-order valence-electron chi connectivity index (χ0n) is 14.6. The van der Waals surface area contributed by atoms with Gasteiger partial charge in [0.1, 0.15) is 17.1 Å². The van der Waals surface area contributed by atoms with E-state index in [1.165, 1.54) is 0 Å². The predicted octanol–water partition coefficient (Wildman–Crippen LogP) is 4.46. The lowest BCUT2D eigenvalue weighted by molar-refractivity contribution is 0.0486. The molecule has 2 heterocycles. The Labute approximate surface area is 150 Å². The van der Waals surface area contributed by atoms with E-state index in [4.69, 9.17) is 4.74 Å². The fourth-order valence-electron chi connectivity index (χ4n) is 2.14. The number of nitrogens with one attached hydrogen (secondary N) is 2. The van der Waals surface area contributed by atoms with E-state index < -0.39 is 11.7 Å². The van der Waals surface area contributed by atoms with E-state index in [-0.39, 0.29) is 12.0 Å². The van der Waals surface area contributed by atoms with E-state index in [0.29, 0.717) is 5.82 Å². The van der Waals surface area contributed by atoms with Crippen molar-refractivity contribution in [1.82, 2.24) is 20.3 Å². The van der Waals surface area contributed by atoms with Gasteiger partial charge in [0.25, 0.3) is 0 Å². The summed E-state index contributed by atoms with van der Waals surface area (Å²) >= 11 is 3.36. The third-order valence-corrected chi connectivity index (χ3v) is 3.69. The van der Waals surface area contributed by atoms with Crippen LogP contribution in [0, 0.1) is 5.92 Å². The van der Waals surface area contributed by atoms with Gasteiger partial charge < -0.3 is 15.0 Å². The average molecular weight is 395 g/mol. The molecule has 1 atom stereocenters. The number of aromatic nitrogens is 3. The minimum absolute atomic E-state index is 0.148. The fourth-order valence-corrected chi connectivity index (χ4v) is 2.37. The van der Waals surface area contributed by atoms with Gasteiger partial charge in [-0.05, 0) is 54.8 Å². The fraction of sp³-hybridized carbons (Fsp3) is 0.471. The summed E-state index contributed by atoms with van der Waals surface area (Å²) in [7, 11) is 0. The highest BCUT2D eigenvalue weighted by Crippen LogP contribution is 2.23. The van der Waals surface area contributed by atoms with Crippen molar-refractivity contribution < 1.29 is 9.53 Å². The van der Waals surface area contributed by atoms with Crippen molar-refractivity contribution >= 4 is 22.0 Å². The monoisotopic (exact) mass is 394 g/mol. The highest BCUT2D eigenvalue weighted by atomic mass is 79.9. The first kappa shape index (κ1) is 18.4. The van der Waals surface area contributed by atoms with Crippen LogP contribution in [0.4, 0.5) is 4.79 Å². The SMILES string of the molecule is CC(C)[C@H](NC(=O)OC(C)(C)C)c1nc(-c2ccc(Br)cn2)c[nH]1. The Balaban J connectivity index is 2.17. The lowest BCUT2D eigenvalue weighted by Crippen LogP contribution is -2.37. The number of carbonyl (C=O) groups excluding carboxylic acids is 1. The molecule has 0 aromatic carbocycles. The minimum Gasteiger partial charge on any atom is -0.444 e. The molecule has 0 aliphatic carbocycles. The molecule has 7 heteroatoms. The summed E-state index contributed by atoms with van der Waals surface area (Å²) in [5.41, 5.74) is 0.955. The largest absolute Gasteiger partial charge is 0.444 e. The van der Waals surface area contributed by atoms with Crippen molar-refractivity contribution in [2.45, 2.75) is 46.3 Å². The summed E-state index contributed by atoms with van der Waals surface area (Å²) < 4.78 is 6.25. The number of amides is 1. The lowest BCUT2D eigenvalue weighted by Gasteiger charge is -2.24. The van der Waals surface area contributed by atoms with Crippen LogP contribution in [0.1, 0.15) is 46.5 Å². The molecule has 0 aliphatic heterocycles. The molecule has 0 saturated carbocycles. The minimum atomic E-state index is -0.540. The maximum absolute atomic E-state index is 12.1. The third-order valence-electron chi connectivity index (χ3n) is 3.22. The number of carbonyl (C=O) groups is 1. The number of alkyl carbamates (subject to hydrolysis) is 1. The predicted molar refractivity (Wildman–Crippen MR) is 96.5 cm³/mol. The quantitative estimate of drug-likeness (QED) is 0.801. The number of hydrogen-bond donors (Lipinski definition) is 2. The molecule has 2 aromatic rings. The zero-order valence-corrected chi connectivity index (χ0v) is 16.1. The van der Waals surface area contributed by atoms with E-state index in [0.717, 1.165) is 15.9 Å². The number of halogens is 1. The Morgan fingerprint density at radius 2 is 2.00 bits per heavy atom. The molecule has 24 heavy (non-hydrogen) atoms. The molecule has 0 bridgehead atoms. The molecule has 2 rings (SSSR count). The van der Waals surface area contributed by atoms with Gasteiger partial charge in [-0.1, -0.05) is 13.8 Å². The summed E-state index contributed by atoms with van der Waals surface area (Å²) in [4.78, 5) is 24.1. The van der Waals surface area contributed by atoms with Crippen LogP contribution in [0.5, 0.6) is 0 Å². The van der Waals surface area contributed by atoms with Gasteiger partial charge in [-0.25, -0.2) is 9.78 Å². The lowest BCUT2D eigenvalue weighted by atomic mass is 10.0. The van der Waals surface area contributed by atoms with Gasteiger partial charge in [0, 0.05) is 16.9 Å². The number of hydrogen-bond acceptors (Lipinski definition) is 4. The molecule has 1 amide bonds. The first-order chi connectivity index (χ1) is 11.2. The van der Waals surface area contributed by atoms with E-state index in [1.807, 2.05) is 46.8 Å². The van der Waals surface area contributed by atoms with E-state index in [2.05, 4.69) is 36.2 Å². The summed E-state index contributed by atoms with van der Waals surface area (Å²) in [6.07, 6.45) is 3.06. The van der Waals surface area contributed by atoms with Crippen LogP contribution < -0.4 is 5.32 Å². The van der Waals surface area contributed by atoms with Crippen molar-refractivity contribution in [3.63, 3.8) is 0 Å². The third kappa shape index (κ3) is 5.06. The van der Waals surface area contributed by atoms with E-state index >= 15 is 0 Å². The Hall–Kier alpha value is -1.89. The number of imidazole rings is 1. The first-order valence-corrected chi connectivity index (χ1v) is 8.62. The second kappa shape index (κ2) is 7.34. The van der Waals surface area contributed by atoms with Crippen LogP contribution in [0.15, 0.2) is 29.0 Å². The van der Waals surface area contributed by atoms with E-state index in [1.54, 1.807) is 12.4 Å². The van der Waals surface area contributed by atoms with Gasteiger partial charge in [-0.2, -0.15) is 0 Å². The highest BCUT2D eigenvalue weighted by Gasteiger charge is 2.25. The molecule has 0 radical (unpaired) electrons. The van der Waals surface area contributed by atoms with Crippen molar-refractivity contribution in [3.05, 3.63) is 34.8 Å². The molecular weight excluding hydrogens is 372 g/mol. The van der Waals surface area contributed by atoms with Crippen molar-refractivity contribution in [1.29, 1.82) is 0 Å². The van der Waals surface area contributed by atoms with Gasteiger partial charge >= 0.3 is 6.09 Å². The number of ether oxygens (including phenoxy) is 1. The molecule has 0 saturated heterocycles. The smallest absolute Gasteiger partial charge is 0.408 e. The molecule has 130 valence electrons. The van der Waals surface area contributed by atoms with Crippen molar-refractivity contribution in [2.75, 3.05) is 0 Å². The normalized spacial score (nSPS) is 13.0. The number of aromatic amines is 1. The maximum atomic E-state index is 12.1.